The van der Waals surface area contributed by atoms with Crippen molar-refractivity contribution >= 4 is 5.69 Å². The van der Waals surface area contributed by atoms with Gasteiger partial charge in [0.25, 0.3) is 0 Å². The molecule has 0 atom stereocenters. The molecular weight excluding hydrogens is 366 g/mol. The van der Waals surface area contributed by atoms with Crippen LogP contribution in [0.5, 0.6) is 0 Å². The van der Waals surface area contributed by atoms with Gasteiger partial charge in [0.2, 0.25) is 0 Å². The Morgan fingerprint density at radius 3 is 1.97 bits per heavy atom. The van der Waals surface area contributed by atoms with Gasteiger partial charge >= 0.3 is 0 Å². The van der Waals surface area contributed by atoms with E-state index in [0.29, 0.717) is 0 Å². The molecule has 3 nitrogen and oxygen atoms in total. The summed E-state index contributed by atoms with van der Waals surface area (Å²) < 4.78 is 2.23. The fourth-order valence-electron chi connectivity index (χ4n) is 5.70. The van der Waals surface area contributed by atoms with Crippen LogP contribution in [0.2, 0.25) is 0 Å². The smallest absolute Gasteiger partial charge is 0.144 e. The van der Waals surface area contributed by atoms with E-state index in [1.807, 2.05) is 6.20 Å². The molecule has 3 heteroatoms. The summed E-state index contributed by atoms with van der Waals surface area (Å²) in [6.07, 6.45) is 7.73. The molecule has 0 N–H and O–H groups in total. The Hall–Kier alpha value is -2.55. The third-order valence-corrected chi connectivity index (χ3v) is 6.69. The van der Waals surface area contributed by atoms with E-state index >= 15 is 0 Å². The van der Waals surface area contributed by atoms with Crippen LogP contribution in [0, 0.1) is 20.8 Å². The zero-order chi connectivity index (χ0) is 21.7. The lowest BCUT2D eigenvalue weighted by atomic mass is 9.79. The number of benzene rings is 2. The molecule has 1 aliphatic heterocycles. The maximum atomic E-state index is 4.72. The minimum Gasteiger partial charge on any atom is -0.361 e. The van der Waals surface area contributed by atoms with Gasteiger partial charge in [-0.05, 0) is 103 Å². The molecule has 0 aliphatic carbocycles. The first-order valence-electron chi connectivity index (χ1n) is 11.1. The van der Waals surface area contributed by atoms with Crippen LogP contribution in [-0.2, 0) is 0 Å². The van der Waals surface area contributed by atoms with E-state index in [9.17, 15) is 0 Å². The summed E-state index contributed by atoms with van der Waals surface area (Å²) in [6.45, 7) is 16.0. The molecule has 0 bridgehead atoms. The minimum absolute atomic E-state index is 0.165. The highest BCUT2D eigenvalue weighted by Gasteiger charge is 2.41. The van der Waals surface area contributed by atoms with Crippen molar-refractivity contribution in [1.82, 2.24) is 9.55 Å². The van der Waals surface area contributed by atoms with E-state index in [-0.39, 0.29) is 11.1 Å². The number of hydrogen-bond acceptors (Lipinski definition) is 2. The SMILES string of the molecule is Cc1cc(C)c(-n2ccnc2-c2ccc(N3C(C)(C)CCCC3(C)C)cc2)c(C)c1. The van der Waals surface area contributed by atoms with Crippen LogP contribution < -0.4 is 4.90 Å². The lowest BCUT2D eigenvalue weighted by Gasteiger charge is -2.54. The van der Waals surface area contributed by atoms with Crippen LogP contribution in [0.1, 0.15) is 63.6 Å². The molecule has 2 heterocycles. The van der Waals surface area contributed by atoms with Gasteiger partial charge in [0, 0.05) is 34.7 Å². The van der Waals surface area contributed by atoms with Crippen LogP contribution in [-0.4, -0.2) is 20.6 Å². The Morgan fingerprint density at radius 2 is 1.40 bits per heavy atom. The van der Waals surface area contributed by atoms with Crippen molar-refractivity contribution in [2.24, 2.45) is 0 Å². The molecule has 0 unspecified atom stereocenters. The van der Waals surface area contributed by atoms with Crippen molar-refractivity contribution in [3.8, 4) is 17.1 Å². The second-order valence-corrected chi connectivity index (χ2v) is 10.2. The van der Waals surface area contributed by atoms with Crippen LogP contribution in [0.4, 0.5) is 5.69 Å². The molecule has 0 spiro atoms. The van der Waals surface area contributed by atoms with Crippen molar-refractivity contribution in [3.63, 3.8) is 0 Å². The number of nitrogens with zero attached hydrogens (tertiary/aromatic N) is 3. The van der Waals surface area contributed by atoms with Crippen molar-refractivity contribution in [2.75, 3.05) is 4.90 Å². The highest BCUT2D eigenvalue weighted by Crippen LogP contribution is 2.42. The van der Waals surface area contributed by atoms with Gasteiger partial charge in [-0.1, -0.05) is 17.7 Å². The van der Waals surface area contributed by atoms with Crippen LogP contribution in [0.15, 0.2) is 48.8 Å². The van der Waals surface area contributed by atoms with E-state index in [4.69, 9.17) is 4.98 Å². The Labute approximate surface area is 181 Å². The zero-order valence-electron chi connectivity index (χ0n) is 19.6. The summed E-state index contributed by atoms with van der Waals surface area (Å²) in [5, 5.41) is 0. The third kappa shape index (κ3) is 3.55. The molecule has 1 fully saturated rings. The van der Waals surface area contributed by atoms with Gasteiger partial charge < -0.3 is 4.90 Å². The third-order valence-electron chi connectivity index (χ3n) is 6.69. The number of aryl methyl sites for hydroxylation is 3. The lowest BCUT2D eigenvalue weighted by Crippen LogP contribution is -2.58. The number of aromatic nitrogens is 2. The van der Waals surface area contributed by atoms with Gasteiger partial charge in [-0.25, -0.2) is 4.98 Å². The zero-order valence-corrected chi connectivity index (χ0v) is 19.6. The predicted octanol–water partition coefficient (Wildman–Crippen LogP) is 7.01. The quantitative estimate of drug-likeness (QED) is 0.470. The second kappa shape index (κ2) is 7.30. The number of imidazole rings is 1. The highest BCUT2D eigenvalue weighted by molar-refractivity contribution is 5.65. The summed E-state index contributed by atoms with van der Waals surface area (Å²) in [7, 11) is 0. The van der Waals surface area contributed by atoms with Gasteiger partial charge in [0.15, 0.2) is 0 Å². The molecule has 30 heavy (non-hydrogen) atoms. The monoisotopic (exact) mass is 401 g/mol. The molecule has 1 aliphatic rings. The molecule has 3 aromatic rings. The maximum Gasteiger partial charge on any atom is 0.144 e. The van der Waals surface area contributed by atoms with Crippen molar-refractivity contribution in [2.45, 2.75) is 78.8 Å². The highest BCUT2D eigenvalue weighted by atomic mass is 15.3. The Balaban J connectivity index is 1.73. The van der Waals surface area contributed by atoms with E-state index < -0.39 is 0 Å². The van der Waals surface area contributed by atoms with Crippen LogP contribution >= 0.6 is 0 Å². The molecule has 1 aromatic heterocycles. The molecule has 2 aromatic carbocycles. The number of piperidine rings is 1. The average Bonchev–Trinajstić information content (AvgIpc) is 3.09. The maximum absolute atomic E-state index is 4.72. The molecule has 0 radical (unpaired) electrons. The van der Waals surface area contributed by atoms with Crippen molar-refractivity contribution in [3.05, 3.63) is 65.5 Å². The molecule has 0 saturated carbocycles. The van der Waals surface area contributed by atoms with E-state index in [1.54, 1.807) is 0 Å². The number of anilines is 1. The number of hydrogen-bond donors (Lipinski definition) is 0. The molecule has 1 saturated heterocycles. The summed E-state index contributed by atoms with van der Waals surface area (Å²) in [5.74, 6) is 0.994. The summed E-state index contributed by atoms with van der Waals surface area (Å²) in [6, 6.07) is 13.5. The Bertz CT molecular complexity index is 1010. The molecule has 0 amide bonds. The Morgan fingerprint density at radius 1 is 0.833 bits per heavy atom. The average molecular weight is 402 g/mol. The lowest BCUT2D eigenvalue weighted by molar-refractivity contribution is 0.244. The fourth-order valence-corrected chi connectivity index (χ4v) is 5.70. The van der Waals surface area contributed by atoms with Crippen molar-refractivity contribution < 1.29 is 0 Å². The first-order chi connectivity index (χ1) is 14.1. The van der Waals surface area contributed by atoms with Gasteiger partial charge in [0.05, 0.1) is 5.69 Å². The van der Waals surface area contributed by atoms with E-state index in [2.05, 4.69) is 101 Å². The normalized spacial score (nSPS) is 17.9. The topological polar surface area (TPSA) is 21.1 Å². The summed E-state index contributed by atoms with van der Waals surface area (Å²) in [4.78, 5) is 7.34. The Kier molecular flexibility index (Phi) is 5.04. The molecular formula is C27H35N3. The second-order valence-electron chi connectivity index (χ2n) is 10.2. The first kappa shape index (κ1) is 20.7. The van der Waals surface area contributed by atoms with Crippen LogP contribution in [0.25, 0.3) is 17.1 Å². The van der Waals surface area contributed by atoms with Gasteiger partial charge in [0.1, 0.15) is 5.82 Å². The fraction of sp³-hybridized carbons (Fsp3) is 0.444. The predicted molar refractivity (Wildman–Crippen MR) is 128 cm³/mol. The largest absolute Gasteiger partial charge is 0.361 e. The van der Waals surface area contributed by atoms with E-state index in [0.717, 1.165) is 11.4 Å². The van der Waals surface area contributed by atoms with Crippen molar-refractivity contribution in [1.29, 1.82) is 0 Å². The van der Waals surface area contributed by atoms with Gasteiger partial charge in [-0.2, -0.15) is 0 Å². The molecule has 4 rings (SSSR count). The van der Waals surface area contributed by atoms with E-state index in [1.165, 1.54) is 47.3 Å². The standard InChI is InChI=1S/C27H35N3/c1-19-17-20(2)24(21(3)18-19)29-16-15-28-25(29)22-9-11-23(12-10-22)30-26(4,5)13-8-14-27(30,6)7/h9-12,15-18H,8,13-14H2,1-7H3. The molecule has 158 valence electrons. The van der Waals surface area contributed by atoms with Crippen LogP contribution in [0.3, 0.4) is 0 Å². The van der Waals surface area contributed by atoms with Gasteiger partial charge in [-0.15, -0.1) is 0 Å². The summed E-state index contributed by atoms with van der Waals surface area (Å²) >= 11 is 0. The number of rotatable bonds is 3. The minimum atomic E-state index is 0.165. The first-order valence-corrected chi connectivity index (χ1v) is 11.1. The summed E-state index contributed by atoms with van der Waals surface area (Å²) in [5.41, 5.74) is 7.86. The van der Waals surface area contributed by atoms with Gasteiger partial charge in [-0.3, -0.25) is 4.57 Å².